The van der Waals surface area contributed by atoms with Crippen molar-refractivity contribution < 1.29 is 9.72 Å². The number of benzene rings is 2. The summed E-state index contributed by atoms with van der Waals surface area (Å²) in [6.45, 7) is 0. The average Bonchev–Trinajstić information content (AvgIpc) is 2.49. The lowest BCUT2D eigenvalue weighted by atomic mass is 10.2. The highest BCUT2D eigenvalue weighted by Gasteiger charge is 2.08. The highest BCUT2D eigenvalue weighted by atomic mass is 127. The van der Waals surface area contributed by atoms with Crippen LogP contribution in [0.25, 0.3) is 0 Å². The zero-order chi connectivity index (χ0) is 15.2. The van der Waals surface area contributed by atoms with Crippen molar-refractivity contribution in [1.82, 2.24) is 5.43 Å². The van der Waals surface area contributed by atoms with Crippen molar-refractivity contribution in [3.8, 4) is 0 Å². The van der Waals surface area contributed by atoms with Gasteiger partial charge in [0.15, 0.2) is 0 Å². The topological polar surface area (TPSA) is 84.6 Å². The summed E-state index contributed by atoms with van der Waals surface area (Å²) in [5.41, 5.74) is 3.47. The Morgan fingerprint density at radius 3 is 2.33 bits per heavy atom. The van der Waals surface area contributed by atoms with E-state index >= 15 is 0 Å². The zero-order valence-electron chi connectivity index (χ0n) is 10.7. The maximum Gasteiger partial charge on any atom is 0.271 e. The second-order valence-corrected chi connectivity index (χ2v) is 5.30. The molecule has 0 saturated heterocycles. The molecule has 0 heterocycles. The van der Waals surface area contributed by atoms with Crippen molar-refractivity contribution in [3.63, 3.8) is 0 Å². The minimum atomic E-state index is -0.517. The number of non-ortho nitro benzene ring substituents is 1. The van der Waals surface area contributed by atoms with Crippen LogP contribution in [-0.4, -0.2) is 17.0 Å². The van der Waals surface area contributed by atoms with Crippen molar-refractivity contribution in [2.75, 3.05) is 0 Å². The van der Waals surface area contributed by atoms with Crippen LogP contribution < -0.4 is 5.43 Å². The Labute approximate surface area is 134 Å². The molecule has 0 radical (unpaired) electrons. The monoisotopic (exact) mass is 395 g/mol. The lowest BCUT2D eigenvalue weighted by Crippen LogP contribution is -2.17. The number of amides is 1. The number of hydrogen-bond donors (Lipinski definition) is 1. The molecule has 1 amide bonds. The van der Waals surface area contributed by atoms with E-state index in [2.05, 4.69) is 33.1 Å². The lowest BCUT2D eigenvalue weighted by Gasteiger charge is -1.99. The maximum absolute atomic E-state index is 11.8. The molecule has 6 nitrogen and oxygen atoms in total. The number of nitro benzene ring substituents is 1. The van der Waals surface area contributed by atoms with Crippen LogP contribution in [0.15, 0.2) is 53.6 Å². The molecule has 0 aliphatic heterocycles. The van der Waals surface area contributed by atoms with E-state index in [9.17, 15) is 14.9 Å². The van der Waals surface area contributed by atoms with Gasteiger partial charge < -0.3 is 0 Å². The Bertz CT molecular complexity index is 682. The molecule has 7 heteroatoms. The summed E-state index contributed by atoms with van der Waals surface area (Å²) in [4.78, 5) is 21.8. The van der Waals surface area contributed by atoms with Gasteiger partial charge >= 0.3 is 0 Å². The number of nitrogens with one attached hydrogen (secondary N) is 1. The second-order valence-electron chi connectivity index (χ2n) is 4.05. The molecule has 1 N–H and O–H groups in total. The van der Waals surface area contributed by atoms with Gasteiger partial charge in [0.1, 0.15) is 0 Å². The van der Waals surface area contributed by atoms with E-state index in [-0.39, 0.29) is 5.69 Å². The molecule has 0 atom stereocenters. The predicted molar refractivity (Wildman–Crippen MR) is 87.3 cm³/mol. The van der Waals surface area contributed by atoms with E-state index in [4.69, 9.17) is 0 Å². The molecule has 0 aliphatic rings. The summed E-state index contributed by atoms with van der Waals surface area (Å²) >= 11 is 2.20. The zero-order valence-corrected chi connectivity index (χ0v) is 12.9. The van der Waals surface area contributed by atoms with Crippen LogP contribution >= 0.6 is 22.6 Å². The number of carbonyl (C=O) groups is 1. The molecular weight excluding hydrogens is 385 g/mol. The summed E-state index contributed by atoms with van der Waals surface area (Å²) in [5.74, 6) is -0.424. The van der Waals surface area contributed by atoms with E-state index in [1.165, 1.54) is 30.5 Å². The Morgan fingerprint density at radius 1 is 1.14 bits per heavy atom. The molecule has 0 fully saturated rings. The normalized spacial score (nSPS) is 10.5. The van der Waals surface area contributed by atoms with Gasteiger partial charge in [-0.05, 0) is 52.4 Å². The second kappa shape index (κ2) is 6.93. The largest absolute Gasteiger partial charge is 0.271 e. The summed E-state index contributed by atoms with van der Waals surface area (Å²) in [6, 6.07) is 12.9. The molecule has 2 aromatic carbocycles. The predicted octanol–water partition coefficient (Wildman–Crippen LogP) is 2.96. The summed E-state index contributed by atoms with van der Waals surface area (Å²) in [5, 5.41) is 14.4. The van der Waals surface area contributed by atoms with E-state index < -0.39 is 10.8 Å². The van der Waals surface area contributed by atoms with E-state index in [0.717, 1.165) is 9.13 Å². The molecule has 0 saturated carbocycles. The highest BCUT2D eigenvalue weighted by molar-refractivity contribution is 14.1. The highest BCUT2D eigenvalue weighted by Crippen LogP contribution is 2.11. The third-order valence-electron chi connectivity index (χ3n) is 2.59. The van der Waals surface area contributed by atoms with Crippen LogP contribution in [0.2, 0.25) is 0 Å². The van der Waals surface area contributed by atoms with Gasteiger partial charge in [-0.15, -0.1) is 0 Å². The Kier molecular flexibility index (Phi) is 4.99. The third-order valence-corrected chi connectivity index (χ3v) is 3.31. The van der Waals surface area contributed by atoms with Crippen LogP contribution in [0.5, 0.6) is 0 Å². The molecule has 0 spiro atoms. The van der Waals surface area contributed by atoms with Crippen LogP contribution in [-0.2, 0) is 0 Å². The van der Waals surface area contributed by atoms with E-state index in [0.29, 0.717) is 5.56 Å². The number of rotatable bonds is 4. The molecule has 0 aliphatic carbocycles. The van der Waals surface area contributed by atoms with Crippen LogP contribution in [0.3, 0.4) is 0 Å². The molecule has 21 heavy (non-hydrogen) atoms. The maximum atomic E-state index is 11.8. The van der Waals surface area contributed by atoms with Crippen LogP contribution in [0.1, 0.15) is 15.9 Å². The fraction of sp³-hybridized carbons (Fsp3) is 0. The molecular formula is C14H10IN3O3. The van der Waals surface area contributed by atoms with Gasteiger partial charge in [-0.25, -0.2) is 5.43 Å². The fourth-order valence-corrected chi connectivity index (χ4v) is 1.87. The minimum Gasteiger partial charge on any atom is -0.267 e. The lowest BCUT2D eigenvalue weighted by molar-refractivity contribution is -0.384. The van der Waals surface area contributed by atoms with Crippen LogP contribution in [0.4, 0.5) is 5.69 Å². The molecule has 106 valence electrons. The Balaban J connectivity index is 1.98. The van der Waals surface area contributed by atoms with Gasteiger partial charge in [0.05, 0.1) is 11.1 Å². The Hall–Kier alpha value is -2.29. The van der Waals surface area contributed by atoms with Gasteiger partial charge in [-0.1, -0.05) is 12.1 Å². The van der Waals surface area contributed by atoms with Gasteiger partial charge in [0, 0.05) is 21.3 Å². The third kappa shape index (κ3) is 4.35. The molecule has 2 aromatic rings. The first-order valence-corrected chi connectivity index (χ1v) is 6.97. The van der Waals surface area contributed by atoms with Crippen molar-refractivity contribution in [3.05, 3.63) is 73.3 Å². The van der Waals surface area contributed by atoms with Gasteiger partial charge in [-0.3, -0.25) is 14.9 Å². The first kappa shape index (κ1) is 15.1. The smallest absolute Gasteiger partial charge is 0.267 e. The van der Waals surface area contributed by atoms with E-state index in [1.54, 1.807) is 0 Å². The number of hydrogen-bond acceptors (Lipinski definition) is 4. The number of carbonyl (C=O) groups excluding carboxylic acids is 1. The number of nitro groups is 1. The minimum absolute atomic E-state index is 0.0612. The van der Waals surface area contributed by atoms with Crippen molar-refractivity contribution in [2.24, 2.45) is 5.10 Å². The van der Waals surface area contributed by atoms with E-state index in [1.807, 2.05) is 24.3 Å². The summed E-state index contributed by atoms with van der Waals surface area (Å²) in [6.07, 6.45) is 1.53. The SMILES string of the molecule is O=C(NN=Cc1ccc(I)cc1)c1ccc([N+](=O)[O-])cc1. The number of hydrazone groups is 1. The molecule has 0 unspecified atom stereocenters. The number of halogens is 1. The van der Waals surface area contributed by atoms with Crippen LogP contribution in [0, 0.1) is 13.7 Å². The summed E-state index contributed by atoms with van der Waals surface area (Å²) in [7, 11) is 0. The van der Waals surface area contributed by atoms with Gasteiger partial charge in [0.25, 0.3) is 11.6 Å². The quantitative estimate of drug-likeness (QED) is 0.374. The van der Waals surface area contributed by atoms with Gasteiger partial charge in [-0.2, -0.15) is 5.10 Å². The van der Waals surface area contributed by atoms with Gasteiger partial charge in [0.2, 0.25) is 0 Å². The first-order chi connectivity index (χ1) is 10.1. The number of nitrogens with zero attached hydrogens (tertiary/aromatic N) is 2. The Morgan fingerprint density at radius 2 is 1.76 bits per heavy atom. The average molecular weight is 395 g/mol. The van der Waals surface area contributed by atoms with Crippen molar-refractivity contribution >= 4 is 40.4 Å². The van der Waals surface area contributed by atoms with Crippen molar-refractivity contribution in [2.45, 2.75) is 0 Å². The standard InChI is InChI=1S/C14H10IN3O3/c15-12-5-1-10(2-6-12)9-16-17-14(19)11-3-7-13(8-4-11)18(20)21/h1-9H,(H,17,19). The molecule has 2 rings (SSSR count). The first-order valence-electron chi connectivity index (χ1n) is 5.90. The summed E-state index contributed by atoms with van der Waals surface area (Å²) < 4.78 is 1.11. The fourth-order valence-electron chi connectivity index (χ4n) is 1.51. The van der Waals surface area contributed by atoms with Crippen molar-refractivity contribution in [1.29, 1.82) is 0 Å². The molecule has 0 bridgehead atoms. The molecule has 0 aromatic heterocycles.